The molecule has 0 unspecified atom stereocenters. The maximum absolute atomic E-state index is 12.0. The molecule has 1 aromatic carbocycles. The van der Waals surface area contributed by atoms with Gasteiger partial charge in [0.15, 0.2) is 0 Å². The second-order valence-electron chi connectivity index (χ2n) is 4.17. The van der Waals surface area contributed by atoms with E-state index in [-0.39, 0.29) is 22.5 Å². The molecule has 2 rings (SSSR count). The zero-order valence-corrected chi connectivity index (χ0v) is 10.5. The molecule has 0 aliphatic carbocycles. The Balaban J connectivity index is 2.32. The molecule has 7 nitrogen and oxygen atoms in total. The van der Waals surface area contributed by atoms with Gasteiger partial charge < -0.3 is 10.3 Å². The van der Waals surface area contributed by atoms with E-state index in [0.29, 0.717) is 0 Å². The van der Waals surface area contributed by atoms with Crippen LogP contribution in [-0.4, -0.2) is 15.8 Å². The van der Waals surface area contributed by atoms with Crippen LogP contribution in [0.3, 0.4) is 0 Å². The highest BCUT2D eigenvalue weighted by molar-refractivity contribution is 6.05. The number of nitrogens with zero attached hydrogens (tertiary/aromatic N) is 1. The number of pyridine rings is 1. The summed E-state index contributed by atoms with van der Waals surface area (Å²) in [7, 11) is 0. The number of nitro benzene ring substituents is 1. The van der Waals surface area contributed by atoms with E-state index in [4.69, 9.17) is 0 Å². The predicted octanol–water partition coefficient (Wildman–Crippen LogP) is 1.84. The summed E-state index contributed by atoms with van der Waals surface area (Å²) in [5.74, 6) is -0.532. The molecule has 102 valence electrons. The van der Waals surface area contributed by atoms with Gasteiger partial charge in [0.1, 0.15) is 5.69 Å². The molecule has 1 amide bonds. The largest absolute Gasteiger partial charge is 0.328 e. The summed E-state index contributed by atoms with van der Waals surface area (Å²) in [6, 6.07) is 6.99. The zero-order valence-electron chi connectivity index (χ0n) is 10.5. The molecule has 0 spiro atoms. The Kier molecular flexibility index (Phi) is 3.60. The minimum absolute atomic E-state index is 0.117. The number of rotatable bonds is 3. The van der Waals surface area contributed by atoms with Crippen LogP contribution in [0.5, 0.6) is 0 Å². The van der Waals surface area contributed by atoms with Crippen LogP contribution in [-0.2, 0) is 0 Å². The minimum atomic E-state index is -0.568. The van der Waals surface area contributed by atoms with Gasteiger partial charge in [0.05, 0.1) is 10.5 Å². The highest BCUT2D eigenvalue weighted by Crippen LogP contribution is 2.25. The van der Waals surface area contributed by atoms with Gasteiger partial charge in [-0.1, -0.05) is 6.07 Å². The van der Waals surface area contributed by atoms with E-state index in [2.05, 4.69) is 10.3 Å². The molecule has 2 N–H and O–H groups in total. The lowest BCUT2D eigenvalue weighted by Crippen LogP contribution is -2.15. The molecule has 2 aromatic rings. The molecule has 0 saturated carbocycles. The van der Waals surface area contributed by atoms with Crippen LogP contribution in [0, 0.1) is 17.0 Å². The maximum Gasteiger partial charge on any atom is 0.292 e. The molecule has 0 fully saturated rings. The number of carbonyl (C=O) groups excluding carboxylic acids is 1. The van der Waals surface area contributed by atoms with Crippen LogP contribution >= 0.6 is 0 Å². The number of carbonyl (C=O) groups is 1. The van der Waals surface area contributed by atoms with Crippen LogP contribution in [0.1, 0.15) is 15.9 Å². The Hall–Kier alpha value is -2.96. The van der Waals surface area contributed by atoms with Gasteiger partial charge in [-0.25, -0.2) is 0 Å². The molecule has 1 aromatic heterocycles. The number of aromatic nitrogens is 1. The Labute approximate surface area is 113 Å². The number of hydrogen-bond donors (Lipinski definition) is 2. The van der Waals surface area contributed by atoms with Crippen molar-refractivity contribution in [2.45, 2.75) is 6.92 Å². The fraction of sp³-hybridized carbons (Fsp3) is 0.0769. The first-order valence-corrected chi connectivity index (χ1v) is 5.72. The summed E-state index contributed by atoms with van der Waals surface area (Å²) in [4.78, 5) is 35.6. The van der Waals surface area contributed by atoms with Gasteiger partial charge in [0, 0.05) is 18.3 Å². The van der Waals surface area contributed by atoms with E-state index in [1.54, 1.807) is 13.0 Å². The molecule has 0 bridgehead atoms. The number of H-pyrrole nitrogens is 1. The quantitative estimate of drug-likeness (QED) is 0.657. The van der Waals surface area contributed by atoms with Crippen LogP contribution < -0.4 is 10.9 Å². The van der Waals surface area contributed by atoms with Crippen molar-refractivity contribution in [2.75, 3.05) is 5.32 Å². The summed E-state index contributed by atoms with van der Waals surface area (Å²) in [6.45, 7) is 1.76. The van der Waals surface area contributed by atoms with Crippen molar-refractivity contribution in [1.82, 2.24) is 4.98 Å². The average Bonchev–Trinajstić information content (AvgIpc) is 2.39. The average molecular weight is 273 g/mol. The van der Waals surface area contributed by atoms with E-state index in [1.807, 2.05) is 0 Å². The summed E-state index contributed by atoms with van der Waals surface area (Å²) in [5.41, 5.74) is 0.593. The molecule has 7 heteroatoms. The maximum atomic E-state index is 12.0. The van der Waals surface area contributed by atoms with Gasteiger partial charge in [0.25, 0.3) is 11.6 Å². The summed E-state index contributed by atoms with van der Waals surface area (Å²) in [5, 5.41) is 13.4. The van der Waals surface area contributed by atoms with Gasteiger partial charge in [-0.2, -0.15) is 0 Å². The first-order valence-electron chi connectivity index (χ1n) is 5.72. The van der Waals surface area contributed by atoms with Crippen LogP contribution in [0.15, 0.2) is 41.3 Å². The lowest BCUT2D eigenvalue weighted by Gasteiger charge is -2.06. The van der Waals surface area contributed by atoms with E-state index in [9.17, 15) is 19.7 Å². The molecular formula is C13H11N3O4. The number of aryl methyl sites for hydroxylation is 1. The van der Waals surface area contributed by atoms with Crippen LogP contribution in [0.25, 0.3) is 0 Å². The lowest BCUT2D eigenvalue weighted by atomic mass is 10.2. The molecule has 0 aliphatic heterocycles. The zero-order chi connectivity index (χ0) is 14.7. The van der Waals surface area contributed by atoms with Crippen LogP contribution in [0.4, 0.5) is 11.4 Å². The number of nitrogens with one attached hydrogen (secondary N) is 2. The number of anilines is 1. The second kappa shape index (κ2) is 5.35. The second-order valence-corrected chi connectivity index (χ2v) is 4.17. The van der Waals surface area contributed by atoms with E-state index < -0.39 is 10.8 Å². The number of aromatic amines is 1. The normalized spacial score (nSPS) is 10.1. The fourth-order valence-electron chi connectivity index (χ4n) is 1.66. The molecule has 20 heavy (non-hydrogen) atoms. The summed E-state index contributed by atoms with van der Waals surface area (Å²) >= 11 is 0. The van der Waals surface area contributed by atoms with Crippen molar-refractivity contribution in [3.05, 3.63) is 68.1 Å². The first kappa shape index (κ1) is 13.5. The molecule has 0 atom stereocenters. The summed E-state index contributed by atoms with van der Waals surface area (Å²) in [6.07, 6.45) is 1.25. The Morgan fingerprint density at radius 3 is 2.65 bits per heavy atom. The van der Waals surface area contributed by atoms with Gasteiger partial charge in [0.2, 0.25) is 5.56 Å². The lowest BCUT2D eigenvalue weighted by molar-refractivity contribution is -0.383. The number of hydrogen-bond acceptors (Lipinski definition) is 4. The monoisotopic (exact) mass is 273 g/mol. The Morgan fingerprint density at radius 2 is 2.05 bits per heavy atom. The Morgan fingerprint density at radius 1 is 1.30 bits per heavy atom. The highest BCUT2D eigenvalue weighted by Gasteiger charge is 2.16. The topological polar surface area (TPSA) is 105 Å². The number of amides is 1. The third-order valence-electron chi connectivity index (χ3n) is 2.64. The fourth-order valence-corrected chi connectivity index (χ4v) is 1.66. The SMILES string of the molecule is Cc1ccc([N+](=O)[O-])c(NC(=O)c2ccc(=O)[nH]c2)c1. The smallest absolute Gasteiger partial charge is 0.292 e. The van der Waals surface area contributed by atoms with E-state index >= 15 is 0 Å². The molecule has 0 radical (unpaired) electrons. The van der Waals surface area contributed by atoms with Crippen molar-refractivity contribution in [1.29, 1.82) is 0 Å². The Bertz CT molecular complexity index is 716. The first-order chi connectivity index (χ1) is 9.47. The molecule has 1 heterocycles. The molecule has 0 aliphatic rings. The van der Waals surface area contributed by atoms with Crippen molar-refractivity contribution in [3.63, 3.8) is 0 Å². The van der Waals surface area contributed by atoms with Crippen molar-refractivity contribution >= 4 is 17.3 Å². The predicted molar refractivity (Wildman–Crippen MR) is 72.8 cm³/mol. The van der Waals surface area contributed by atoms with Crippen LogP contribution in [0.2, 0.25) is 0 Å². The van der Waals surface area contributed by atoms with Gasteiger partial charge >= 0.3 is 0 Å². The molecule has 0 saturated heterocycles. The molecular weight excluding hydrogens is 262 g/mol. The highest BCUT2D eigenvalue weighted by atomic mass is 16.6. The number of benzene rings is 1. The van der Waals surface area contributed by atoms with Crippen molar-refractivity contribution in [2.24, 2.45) is 0 Å². The van der Waals surface area contributed by atoms with E-state index in [0.717, 1.165) is 5.56 Å². The van der Waals surface area contributed by atoms with E-state index in [1.165, 1.54) is 30.5 Å². The third kappa shape index (κ3) is 2.89. The van der Waals surface area contributed by atoms with Crippen molar-refractivity contribution < 1.29 is 9.72 Å². The van der Waals surface area contributed by atoms with Gasteiger partial charge in [-0.05, 0) is 24.6 Å². The number of nitro groups is 1. The minimum Gasteiger partial charge on any atom is -0.328 e. The van der Waals surface area contributed by atoms with Gasteiger partial charge in [-0.15, -0.1) is 0 Å². The standard InChI is InChI=1S/C13H11N3O4/c1-8-2-4-11(16(19)20)10(6-8)15-13(18)9-3-5-12(17)14-7-9/h2-7H,1H3,(H,14,17)(H,15,18). The summed E-state index contributed by atoms with van der Waals surface area (Å²) < 4.78 is 0. The van der Waals surface area contributed by atoms with Gasteiger partial charge in [-0.3, -0.25) is 19.7 Å². The van der Waals surface area contributed by atoms with Crippen molar-refractivity contribution in [3.8, 4) is 0 Å². The third-order valence-corrected chi connectivity index (χ3v) is 2.64.